The molecule has 0 unspecified atom stereocenters. The number of hydrogen-bond acceptors (Lipinski definition) is 3. The fourth-order valence-corrected chi connectivity index (χ4v) is 1.82. The topological polar surface area (TPSA) is 49.5 Å². The molecule has 0 amide bonds. The van der Waals surface area contributed by atoms with E-state index in [4.69, 9.17) is 5.73 Å². The second kappa shape index (κ2) is 8.23. The monoisotopic (exact) mass is 236 g/mol. The smallest absolute Gasteiger partial charge is 0.0664 e. The molecule has 1 aromatic carbocycles. The molecule has 0 aliphatic carbocycles. The van der Waals surface area contributed by atoms with E-state index >= 15 is 0 Å². The van der Waals surface area contributed by atoms with Gasteiger partial charge in [0, 0.05) is 13.1 Å². The van der Waals surface area contributed by atoms with Crippen molar-refractivity contribution in [1.82, 2.24) is 4.90 Å². The van der Waals surface area contributed by atoms with Crippen LogP contribution in [0.5, 0.6) is 0 Å². The van der Waals surface area contributed by atoms with Crippen molar-refractivity contribution in [2.75, 3.05) is 19.6 Å². The molecule has 96 valence electrons. The predicted octanol–water partition coefficient (Wildman–Crippen LogP) is 1.61. The summed E-state index contributed by atoms with van der Waals surface area (Å²) < 4.78 is 0. The first-order chi connectivity index (χ1) is 8.26. The summed E-state index contributed by atoms with van der Waals surface area (Å²) in [6.07, 6.45) is 1.54. The lowest BCUT2D eigenvalue weighted by molar-refractivity contribution is 0.105. The second-order valence-electron chi connectivity index (χ2n) is 4.43. The van der Waals surface area contributed by atoms with Crippen molar-refractivity contribution in [3.05, 3.63) is 35.9 Å². The average Bonchev–Trinajstić information content (AvgIpc) is 2.37. The first kappa shape index (κ1) is 14.2. The van der Waals surface area contributed by atoms with Crippen LogP contribution in [0.25, 0.3) is 0 Å². The zero-order valence-electron chi connectivity index (χ0n) is 10.7. The maximum atomic E-state index is 9.73. The van der Waals surface area contributed by atoms with Gasteiger partial charge in [-0.3, -0.25) is 4.90 Å². The van der Waals surface area contributed by atoms with Crippen LogP contribution in [0.2, 0.25) is 0 Å². The molecule has 3 heteroatoms. The van der Waals surface area contributed by atoms with Crippen LogP contribution in [-0.4, -0.2) is 35.7 Å². The maximum absolute atomic E-state index is 9.73. The van der Waals surface area contributed by atoms with E-state index in [9.17, 15) is 5.11 Å². The van der Waals surface area contributed by atoms with Gasteiger partial charge in [0.05, 0.1) is 6.10 Å². The van der Waals surface area contributed by atoms with E-state index < -0.39 is 0 Å². The summed E-state index contributed by atoms with van der Waals surface area (Å²) in [4.78, 5) is 2.27. The van der Waals surface area contributed by atoms with E-state index in [0.717, 1.165) is 32.5 Å². The summed E-state index contributed by atoms with van der Waals surface area (Å²) in [6, 6.07) is 10.4. The molecule has 3 N–H and O–H groups in total. The third-order valence-electron chi connectivity index (χ3n) is 2.87. The molecule has 0 bridgehead atoms. The second-order valence-corrected chi connectivity index (χ2v) is 4.43. The third-order valence-corrected chi connectivity index (χ3v) is 2.87. The molecule has 0 heterocycles. The molecule has 0 aliphatic rings. The number of aliphatic hydroxyl groups is 1. The van der Waals surface area contributed by atoms with Crippen LogP contribution in [0.1, 0.15) is 25.3 Å². The van der Waals surface area contributed by atoms with Gasteiger partial charge in [-0.15, -0.1) is 0 Å². The standard InChI is InChI=1S/C14H24N2O/c1-2-14(17)12-16(10-6-9-15)11-13-7-4-3-5-8-13/h3-5,7-8,14,17H,2,6,9-12,15H2,1H3/t14-/m1/s1. The fourth-order valence-electron chi connectivity index (χ4n) is 1.82. The van der Waals surface area contributed by atoms with Crippen molar-refractivity contribution in [1.29, 1.82) is 0 Å². The van der Waals surface area contributed by atoms with Crippen LogP contribution in [0, 0.1) is 0 Å². The molecule has 0 radical (unpaired) electrons. The molecule has 0 aromatic heterocycles. The molecule has 0 saturated heterocycles. The van der Waals surface area contributed by atoms with Crippen LogP contribution in [0.15, 0.2) is 30.3 Å². The Morgan fingerprint density at radius 3 is 2.59 bits per heavy atom. The lowest BCUT2D eigenvalue weighted by Crippen LogP contribution is -2.33. The number of benzene rings is 1. The number of hydrogen-bond donors (Lipinski definition) is 2. The van der Waals surface area contributed by atoms with E-state index in [1.54, 1.807) is 0 Å². The van der Waals surface area contributed by atoms with Crippen LogP contribution in [-0.2, 0) is 6.54 Å². The minimum Gasteiger partial charge on any atom is -0.392 e. The molecule has 17 heavy (non-hydrogen) atoms. The maximum Gasteiger partial charge on any atom is 0.0664 e. The average molecular weight is 236 g/mol. The minimum atomic E-state index is -0.239. The van der Waals surface area contributed by atoms with Gasteiger partial charge in [0.1, 0.15) is 0 Å². The minimum absolute atomic E-state index is 0.239. The Bertz CT molecular complexity index is 290. The van der Waals surface area contributed by atoms with Gasteiger partial charge in [-0.25, -0.2) is 0 Å². The van der Waals surface area contributed by atoms with Gasteiger partial charge in [-0.1, -0.05) is 37.3 Å². The van der Waals surface area contributed by atoms with Crippen LogP contribution in [0.4, 0.5) is 0 Å². The van der Waals surface area contributed by atoms with Gasteiger partial charge in [0.2, 0.25) is 0 Å². The van der Waals surface area contributed by atoms with E-state index in [2.05, 4.69) is 17.0 Å². The zero-order valence-corrected chi connectivity index (χ0v) is 10.7. The highest BCUT2D eigenvalue weighted by molar-refractivity contribution is 5.14. The van der Waals surface area contributed by atoms with E-state index in [-0.39, 0.29) is 6.10 Å². The number of aliphatic hydroxyl groups excluding tert-OH is 1. The van der Waals surface area contributed by atoms with Gasteiger partial charge in [-0.2, -0.15) is 0 Å². The molecule has 0 fully saturated rings. The summed E-state index contributed by atoms with van der Waals surface area (Å²) in [5.74, 6) is 0. The largest absolute Gasteiger partial charge is 0.392 e. The Kier molecular flexibility index (Phi) is 6.86. The Labute approximate surface area is 104 Å². The van der Waals surface area contributed by atoms with Crippen LogP contribution < -0.4 is 5.73 Å². The van der Waals surface area contributed by atoms with E-state index in [1.807, 2.05) is 25.1 Å². The molecule has 0 spiro atoms. The Balaban J connectivity index is 2.50. The van der Waals surface area contributed by atoms with Crippen molar-refractivity contribution in [3.8, 4) is 0 Å². The van der Waals surface area contributed by atoms with Crippen molar-refractivity contribution >= 4 is 0 Å². The summed E-state index contributed by atoms with van der Waals surface area (Å²) in [5.41, 5.74) is 6.83. The summed E-state index contributed by atoms with van der Waals surface area (Å²) in [5, 5.41) is 9.73. The van der Waals surface area contributed by atoms with Gasteiger partial charge in [-0.05, 0) is 31.5 Å². The molecule has 3 nitrogen and oxygen atoms in total. The Morgan fingerprint density at radius 2 is 2.00 bits per heavy atom. The Morgan fingerprint density at radius 1 is 1.29 bits per heavy atom. The lowest BCUT2D eigenvalue weighted by Gasteiger charge is -2.24. The van der Waals surface area contributed by atoms with Gasteiger partial charge >= 0.3 is 0 Å². The van der Waals surface area contributed by atoms with E-state index in [1.165, 1.54) is 5.56 Å². The zero-order chi connectivity index (χ0) is 12.5. The quantitative estimate of drug-likeness (QED) is 0.721. The van der Waals surface area contributed by atoms with Crippen molar-refractivity contribution < 1.29 is 5.11 Å². The summed E-state index contributed by atoms with van der Waals surface area (Å²) in [7, 11) is 0. The highest BCUT2D eigenvalue weighted by Crippen LogP contribution is 2.06. The van der Waals surface area contributed by atoms with Gasteiger partial charge < -0.3 is 10.8 Å². The summed E-state index contributed by atoms with van der Waals surface area (Å²) >= 11 is 0. The van der Waals surface area contributed by atoms with Crippen LogP contribution in [0.3, 0.4) is 0 Å². The SMILES string of the molecule is CC[C@@H](O)CN(CCCN)Cc1ccccc1. The highest BCUT2D eigenvalue weighted by Gasteiger charge is 2.10. The van der Waals surface area contributed by atoms with Gasteiger partial charge in [0.25, 0.3) is 0 Å². The van der Waals surface area contributed by atoms with Crippen molar-refractivity contribution in [2.45, 2.75) is 32.4 Å². The molecular weight excluding hydrogens is 212 g/mol. The van der Waals surface area contributed by atoms with Crippen molar-refractivity contribution in [3.63, 3.8) is 0 Å². The number of nitrogens with zero attached hydrogens (tertiary/aromatic N) is 1. The van der Waals surface area contributed by atoms with E-state index in [0.29, 0.717) is 6.54 Å². The molecule has 0 saturated carbocycles. The number of rotatable bonds is 8. The lowest BCUT2D eigenvalue weighted by atomic mass is 10.2. The summed E-state index contributed by atoms with van der Waals surface area (Å²) in [6.45, 7) is 5.27. The first-order valence-electron chi connectivity index (χ1n) is 6.40. The normalized spacial score (nSPS) is 12.9. The molecule has 1 aromatic rings. The molecule has 1 rings (SSSR count). The number of nitrogens with two attached hydrogens (primary N) is 1. The Hall–Kier alpha value is -0.900. The molecular formula is C14H24N2O. The van der Waals surface area contributed by atoms with Crippen molar-refractivity contribution in [2.24, 2.45) is 5.73 Å². The third kappa shape index (κ3) is 5.82. The van der Waals surface area contributed by atoms with Crippen LogP contribution >= 0.6 is 0 Å². The molecule has 1 atom stereocenters. The predicted molar refractivity (Wildman–Crippen MR) is 71.7 cm³/mol. The van der Waals surface area contributed by atoms with Gasteiger partial charge in [0.15, 0.2) is 0 Å². The fraction of sp³-hybridized carbons (Fsp3) is 0.571. The highest BCUT2D eigenvalue weighted by atomic mass is 16.3. The first-order valence-corrected chi connectivity index (χ1v) is 6.40. The molecule has 0 aliphatic heterocycles.